The van der Waals surface area contributed by atoms with Crippen molar-refractivity contribution in [3.63, 3.8) is 0 Å². The number of nitrogens with zero attached hydrogens (tertiary/aromatic N) is 4. The molecule has 2 aromatic carbocycles. The van der Waals surface area contributed by atoms with Gasteiger partial charge in [-0.2, -0.15) is 5.10 Å². The third kappa shape index (κ3) is 5.03. The molecule has 2 aliphatic rings. The van der Waals surface area contributed by atoms with Crippen molar-refractivity contribution in [2.45, 2.75) is 12.8 Å². The predicted octanol–water partition coefficient (Wildman–Crippen LogP) is 2.36. The minimum atomic E-state index is -0.0942. The second-order valence-corrected chi connectivity index (χ2v) is 7.45. The second kappa shape index (κ2) is 9.61. The molecule has 0 aliphatic carbocycles. The fourth-order valence-electron chi connectivity index (χ4n) is 3.58. The molecule has 4 rings (SSSR count). The van der Waals surface area contributed by atoms with E-state index in [2.05, 4.69) is 10.0 Å². The van der Waals surface area contributed by atoms with Gasteiger partial charge in [0.25, 0.3) is 5.91 Å². The van der Waals surface area contributed by atoms with Crippen molar-refractivity contribution in [2.75, 3.05) is 45.0 Å². The van der Waals surface area contributed by atoms with Gasteiger partial charge in [-0.15, -0.1) is 0 Å². The molecule has 162 valence electrons. The minimum absolute atomic E-state index is 0.0934. The topological polar surface area (TPSA) is 74.7 Å². The second-order valence-electron chi connectivity index (χ2n) is 7.45. The molecule has 0 unspecified atom stereocenters. The fraction of sp³-hybridized carbons (Fsp3) is 0.348. The summed E-state index contributed by atoms with van der Waals surface area (Å²) in [5, 5.41) is 5.72. The highest BCUT2D eigenvalue weighted by atomic mass is 16.5. The molecule has 2 heterocycles. The Balaban J connectivity index is 1.31. The lowest BCUT2D eigenvalue weighted by atomic mass is 10.1. The van der Waals surface area contributed by atoms with E-state index in [1.54, 1.807) is 7.11 Å². The Kier molecular flexibility index (Phi) is 6.47. The molecule has 8 heteroatoms. The third-order valence-corrected chi connectivity index (χ3v) is 5.41. The van der Waals surface area contributed by atoms with Gasteiger partial charge in [0.05, 0.1) is 12.8 Å². The van der Waals surface area contributed by atoms with Crippen LogP contribution in [0.3, 0.4) is 0 Å². The Morgan fingerprint density at radius 3 is 2.29 bits per heavy atom. The van der Waals surface area contributed by atoms with Gasteiger partial charge in [-0.3, -0.25) is 14.5 Å². The number of ether oxygens (including phenoxy) is 2. The molecule has 2 amide bonds. The molecule has 0 N–H and O–H groups in total. The van der Waals surface area contributed by atoms with Crippen LogP contribution < -0.4 is 14.5 Å². The van der Waals surface area contributed by atoms with Gasteiger partial charge in [0, 0.05) is 39.0 Å². The van der Waals surface area contributed by atoms with Crippen molar-refractivity contribution in [3.05, 3.63) is 54.6 Å². The van der Waals surface area contributed by atoms with Crippen molar-refractivity contribution in [1.29, 1.82) is 0 Å². The molecule has 0 aromatic heterocycles. The Labute approximate surface area is 181 Å². The number of amides is 2. The molecule has 31 heavy (non-hydrogen) atoms. The van der Waals surface area contributed by atoms with Crippen LogP contribution in [0.2, 0.25) is 0 Å². The molecule has 1 saturated heterocycles. The average molecular weight is 422 g/mol. The number of carbonyl (C=O) groups excluding carboxylic acids is 2. The summed E-state index contributed by atoms with van der Waals surface area (Å²) < 4.78 is 11.0. The Bertz CT molecular complexity index is 938. The first-order valence-corrected chi connectivity index (χ1v) is 10.4. The summed E-state index contributed by atoms with van der Waals surface area (Å²) in [7, 11) is 1.63. The van der Waals surface area contributed by atoms with E-state index in [4.69, 9.17) is 9.47 Å². The third-order valence-electron chi connectivity index (χ3n) is 5.41. The number of hydrazone groups is 1. The smallest absolute Gasteiger partial charge is 0.270 e. The molecule has 0 radical (unpaired) electrons. The van der Waals surface area contributed by atoms with Crippen molar-refractivity contribution in [3.8, 4) is 11.5 Å². The van der Waals surface area contributed by atoms with Crippen LogP contribution >= 0.6 is 0 Å². The summed E-state index contributed by atoms with van der Waals surface area (Å²) in [6.07, 6.45) is 0.664. The first-order valence-electron chi connectivity index (χ1n) is 10.4. The van der Waals surface area contributed by atoms with E-state index >= 15 is 0 Å². The standard InChI is InChI=1S/C23H26N4O4/c1-30-19-7-9-20(10-8-19)31-17-25-13-15-26(16-14-25)23(29)21-11-12-22(28)27(24-21)18-5-3-2-4-6-18/h2-10H,11-17H2,1H3. The number of para-hydroxylation sites is 1. The largest absolute Gasteiger partial charge is 0.497 e. The Hall–Kier alpha value is -3.39. The molecule has 8 nitrogen and oxygen atoms in total. The van der Waals surface area contributed by atoms with Crippen molar-refractivity contribution < 1.29 is 19.1 Å². The lowest BCUT2D eigenvalue weighted by molar-refractivity contribution is -0.126. The lowest BCUT2D eigenvalue weighted by Crippen LogP contribution is -2.52. The van der Waals surface area contributed by atoms with Gasteiger partial charge in [0.15, 0.2) is 0 Å². The van der Waals surface area contributed by atoms with Crippen molar-refractivity contribution >= 4 is 23.2 Å². The van der Waals surface area contributed by atoms with Gasteiger partial charge in [-0.25, -0.2) is 5.01 Å². The van der Waals surface area contributed by atoms with Crippen LogP contribution in [0.1, 0.15) is 12.8 Å². The van der Waals surface area contributed by atoms with Crippen LogP contribution in [0.25, 0.3) is 0 Å². The van der Waals surface area contributed by atoms with Crippen LogP contribution in [0.5, 0.6) is 11.5 Å². The maximum atomic E-state index is 13.0. The van der Waals surface area contributed by atoms with Gasteiger partial charge in [-0.1, -0.05) is 18.2 Å². The number of hydrogen-bond acceptors (Lipinski definition) is 6. The molecule has 1 fully saturated rings. The van der Waals surface area contributed by atoms with Crippen molar-refractivity contribution in [2.24, 2.45) is 5.10 Å². The number of hydrogen-bond donors (Lipinski definition) is 0. The summed E-state index contributed by atoms with van der Waals surface area (Å²) in [6.45, 7) is 3.10. The van der Waals surface area contributed by atoms with E-state index in [9.17, 15) is 9.59 Å². The maximum absolute atomic E-state index is 13.0. The molecule has 2 aliphatic heterocycles. The highest BCUT2D eigenvalue weighted by Gasteiger charge is 2.30. The number of rotatable bonds is 6. The number of piperazine rings is 1. The van der Waals surface area contributed by atoms with Crippen LogP contribution in [0.4, 0.5) is 5.69 Å². The SMILES string of the molecule is COc1ccc(OCN2CCN(C(=O)C3=NN(c4ccccc4)C(=O)CC3)CC2)cc1. The van der Waals surface area contributed by atoms with Gasteiger partial charge < -0.3 is 14.4 Å². The Morgan fingerprint density at radius 2 is 1.61 bits per heavy atom. The number of anilines is 1. The quantitative estimate of drug-likeness (QED) is 0.715. The number of benzene rings is 2. The zero-order valence-electron chi connectivity index (χ0n) is 17.6. The van der Waals surface area contributed by atoms with Crippen molar-refractivity contribution in [1.82, 2.24) is 9.80 Å². The van der Waals surface area contributed by atoms with E-state index < -0.39 is 0 Å². The van der Waals surface area contributed by atoms with Gasteiger partial charge in [0.1, 0.15) is 23.9 Å². The molecular formula is C23H26N4O4. The minimum Gasteiger partial charge on any atom is -0.497 e. The normalized spacial score (nSPS) is 17.3. The molecule has 0 atom stereocenters. The molecule has 0 spiro atoms. The zero-order chi connectivity index (χ0) is 21.6. The van der Waals surface area contributed by atoms with E-state index in [0.717, 1.165) is 24.6 Å². The van der Waals surface area contributed by atoms with Crippen LogP contribution in [0, 0.1) is 0 Å². The van der Waals surface area contributed by atoms with Gasteiger partial charge in [-0.05, 0) is 36.4 Å². The Morgan fingerprint density at radius 1 is 0.935 bits per heavy atom. The molecule has 0 bridgehead atoms. The van der Waals surface area contributed by atoms with Crippen LogP contribution in [-0.2, 0) is 9.59 Å². The first kappa shape index (κ1) is 20.9. The number of carbonyl (C=O) groups is 2. The van der Waals surface area contributed by atoms with E-state index in [1.165, 1.54) is 5.01 Å². The lowest BCUT2D eigenvalue weighted by Gasteiger charge is -2.35. The summed E-state index contributed by atoms with van der Waals surface area (Å²) >= 11 is 0. The summed E-state index contributed by atoms with van der Waals surface area (Å²) in [4.78, 5) is 29.2. The highest BCUT2D eigenvalue weighted by Crippen LogP contribution is 2.21. The van der Waals surface area contributed by atoms with E-state index in [-0.39, 0.29) is 18.2 Å². The fourth-order valence-corrected chi connectivity index (χ4v) is 3.58. The van der Waals surface area contributed by atoms with Gasteiger partial charge in [0.2, 0.25) is 5.91 Å². The molecular weight excluding hydrogens is 396 g/mol. The van der Waals surface area contributed by atoms with E-state index in [0.29, 0.717) is 37.6 Å². The summed E-state index contributed by atoms with van der Waals surface area (Å²) in [5.74, 6) is 1.38. The summed E-state index contributed by atoms with van der Waals surface area (Å²) in [6, 6.07) is 16.7. The van der Waals surface area contributed by atoms with Crippen LogP contribution in [0.15, 0.2) is 59.7 Å². The summed E-state index contributed by atoms with van der Waals surface area (Å²) in [5.41, 5.74) is 1.12. The zero-order valence-corrected chi connectivity index (χ0v) is 17.6. The molecule has 0 saturated carbocycles. The highest BCUT2D eigenvalue weighted by molar-refractivity contribution is 6.40. The molecule has 2 aromatic rings. The van der Waals surface area contributed by atoms with Gasteiger partial charge >= 0.3 is 0 Å². The maximum Gasteiger partial charge on any atom is 0.270 e. The average Bonchev–Trinajstić information content (AvgIpc) is 2.84. The predicted molar refractivity (Wildman–Crippen MR) is 117 cm³/mol. The first-order chi connectivity index (χ1) is 15.1. The number of methoxy groups -OCH3 is 1. The monoisotopic (exact) mass is 422 g/mol. The van der Waals surface area contributed by atoms with E-state index in [1.807, 2.05) is 59.5 Å². The van der Waals surface area contributed by atoms with Crippen LogP contribution in [-0.4, -0.2) is 67.3 Å².